The molecule has 0 unspecified atom stereocenters. The molecule has 2 N–H and O–H groups in total. The first kappa shape index (κ1) is 15.7. The summed E-state index contributed by atoms with van der Waals surface area (Å²) in [7, 11) is 1.93. The molecule has 0 spiro atoms. The van der Waals surface area contributed by atoms with Gasteiger partial charge in [-0.05, 0) is 36.9 Å². The molecular formula is C16H26N2O. The van der Waals surface area contributed by atoms with Gasteiger partial charge in [-0.2, -0.15) is 0 Å². The van der Waals surface area contributed by atoms with Gasteiger partial charge in [0.15, 0.2) is 0 Å². The van der Waals surface area contributed by atoms with Gasteiger partial charge in [-0.25, -0.2) is 0 Å². The Labute approximate surface area is 116 Å². The van der Waals surface area contributed by atoms with Crippen LogP contribution in [-0.4, -0.2) is 26.0 Å². The first-order chi connectivity index (χ1) is 8.94. The van der Waals surface area contributed by atoms with Crippen molar-refractivity contribution in [3.05, 3.63) is 35.4 Å². The van der Waals surface area contributed by atoms with E-state index in [1.54, 1.807) is 0 Å². The van der Waals surface area contributed by atoms with Crippen LogP contribution in [0, 0.1) is 12.3 Å². The normalized spacial score (nSPS) is 11.4. The number of benzene rings is 1. The predicted octanol–water partition coefficient (Wildman–Crippen LogP) is 2.29. The molecule has 0 radical (unpaired) electrons. The summed E-state index contributed by atoms with van der Waals surface area (Å²) in [5.74, 6) is 0.132. The number of amides is 1. The number of hydrogen-bond donors (Lipinski definition) is 2. The minimum absolute atomic E-state index is 0.0904. The van der Waals surface area contributed by atoms with Crippen LogP contribution in [0.2, 0.25) is 0 Å². The first-order valence-corrected chi connectivity index (χ1v) is 6.90. The quantitative estimate of drug-likeness (QED) is 0.791. The molecule has 1 amide bonds. The van der Waals surface area contributed by atoms with Gasteiger partial charge in [0.1, 0.15) is 0 Å². The molecule has 1 rings (SSSR count). The van der Waals surface area contributed by atoms with Crippen LogP contribution in [0.1, 0.15) is 31.4 Å². The summed E-state index contributed by atoms with van der Waals surface area (Å²) in [5, 5.41) is 6.16. The summed E-state index contributed by atoms with van der Waals surface area (Å²) in [4.78, 5) is 11.8. The van der Waals surface area contributed by atoms with Gasteiger partial charge in [0, 0.05) is 19.5 Å². The second-order valence-corrected chi connectivity index (χ2v) is 5.90. The van der Waals surface area contributed by atoms with Crippen LogP contribution < -0.4 is 10.6 Å². The van der Waals surface area contributed by atoms with E-state index in [0.717, 1.165) is 13.0 Å². The molecule has 0 aliphatic heterocycles. The number of hydrogen-bond acceptors (Lipinski definition) is 2. The lowest BCUT2D eigenvalue weighted by Crippen LogP contribution is -2.39. The van der Waals surface area contributed by atoms with Crippen molar-refractivity contribution in [2.45, 2.75) is 33.6 Å². The third-order valence-corrected chi connectivity index (χ3v) is 3.30. The van der Waals surface area contributed by atoms with E-state index in [1.165, 1.54) is 11.1 Å². The molecule has 0 saturated heterocycles. The lowest BCUT2D eigenvalue weighted by Gasteiger charge is -2.24. The van der Waals surface area contributed by atoms with Gasteiger partial charge in [-0.1, -0.05) is 38.1 Å². The average Bonchev–Trinajstić information content (AvgIpc) is 2.35. The highest BCUT2D eigenvalue weighted by atomic mass is 16.1. The Hall–Kier alpha value is -1.35. The maximum Gasteiger partial charge on any atom is 0.220 e. The van der Waals surface area contributed by atoms with Crippen molar-refractivity contribution in [1.29, 1.82) is 0 Å². The zero-order valence-electron chi connectivity index (χ0n) is 12.5. The van der Waals surface area contributed by atoms with Crippen molar-refractivity contribution >= 4 is 5.91 Å². The molecule has 0 aliphatic rings. The Morgan fingerprint density at radius 3 is 2.53 bits per heavy atom. The highest BCUT2D eigenvalue weighted by Crippen LogP contribution is 2.12. The SMILES string of the molecule is CNCC(C)(C)CNC(=O)CCc1ccccc1C. The Bertz CT molecular complexity index is 413. The molecule has 1 aromatic carbocycles. The van der Waals surface area contributed by atoms with E-state index in [2.05, 4.69) is 43.5 Å². The Morgan fingerprint density at radius 2 is 1.89 bits per heavy atom. The minimum atomic E-state index is 0.0904. The van der Waals surface area contributed by atoms with E-state index in [1.807, 2.05) is 19.2 Å². The van der Waals surface area contributed by atoms with Crippen molar-refractivity contribution in [2.75, 3.05) is 20.1 Å². The van der Waals surface area contributed by atoms with E-state index >= 15 is 0 Å². The Kier molecular flexibility index (Phi) is 6.03. The molecule has 19 heavy (non-hydrogen) atoms. The molecule has 0 heterocycles. The fourth-order valence-corrected chi connectivity index (χ4v) is 2.11. The third-order valence-electron chi connectivity index (χ3n) is 3.30. The second-order valence-electron chi connectivity index (χ2n) is 5.90. The summed E-state index contributed by atoms with van der Waals surface area (Å²) >= 11 is 0. The summed E-state index contributed by atoms with van der Waals surface area (Å²) < 4.78 is 0. The monoisotopic (exact) mass is 262 g/mol. The lowest BCUT2D eigenvalue weighted by atomic mass is 9.93. The van der Waals surface area contributed by atoms with Gasteiger partial charge in [-0.15, -0.1) is 0 Å². The van der Waals surface area contributed by atoms with Crippen molar-refractivity contribution in [3.63, 3.8) is 0 Å². The zero-order valence-corrected chi connectivity index (χ0v) is 12.5. The maximum absolute atomic E-state index is 11.8. The largest absolute Gasteiger partial charge is 0.356 e. The van der Waals surface area contributed by atoms with Crippen LogP contribution >= 0.6 is 0 Å². The van der Waals surface area contributed by atoms with Gasteiger partial charge < -0.3 is 10.6 Å². The third kappa shape index (κ3) is 5.88. The summed E-state index contributed by atoms with van der Waals surface area (Å²) in [6.45, 7) is 7.98. The molecule has 106 valence electrons. The van der Waals surface area contributed by atoms with Crippen LogP contribution in [0.15, 0.2) is 24.3 Å². The minimum Gasteiger partial charge on any atom is -0.356 e. The molecular weight excluding hydrogens is 236 g/mol. The number of aryl methyl sites for hydroxylation is 2. The fraction of sp³-hybridized carbons (Fsp3) is 0.562. The van der Waals surface area contributed by atoms with E-state index in [0.29, 0.717) is 13.0 Å². The molecule has 3 heteroatoms. The van der Waals surface area contributed by atoms with Gasteiger partial charge in [-0.3, -0.25) is 4.79 Å². The van der Waals surface area contributed by atoms with Crippen molar-refractivity contribution in [3.8, 4) is 0 Å². The highest BCUT2D eigenvalue weighted by molar-refractivity contribution is 5.76. The standard InChI is InChI=1S/C16H26N2O/c1-13-7-5-6-8-14(13)9-10-15(19)18-12-16(2,3)11-17-4/h5-8,17H,9-12H2,1-4H3,(H,18,19). The average molecular weight is 262 g/mol. The van der Waals surface area contributed by atoms with Crippen LogP contribution in [-0.2, 0) is 11.2 Å². The Balaban J connectivity index is 2.35. The molecule has 3 nitrogen and oxygen atoms in total. The highest BCUT2D eigenvalue weighted by Gasteiger charge is 2.17. The molecule has 0 aliphatic carbocycles. The van der Waals surface area contributed by atoms with E-state index in [-0.39, 0.29) is 11.3 Å². The number of rotatable bonds is 7. The van der Waals surface area contributed by atoms with E-state index < -0.39 is 0 Å². The van der Waals surface area contributed by atoms with Crippen molar-refractivity contribution < 1.29 is 4.79 Å². The smallest absolute Gasteiger partial charge is 0.220 e. The van der Waals surface area contributed by atoms with Gasteiger partial charge in [0.2, 0.25) is 5.91 Å². The van der Waals surface area contributed by atoms with Crippen LogP contribution in [0.25, 0.3) is 0 Å². The molecule has 0 bridgehead atoms. The molecule has 1 aromatic rings. The van der Waals surface area contributed by atoms with Gasteiger partial charge >= 0.3 is 0 Å². The summed E-state index contributed by atoms with van der Waals surface area (Å²) in [6.07, 6.45) is 1.37. The number of carbonyl (C=O) groups excluding carboxylic acids is 1. The summed E-state index contributed by atoms with van der Waals surface area (Å²) in [5.41, 5.74) is 2.60. The van der Waals surface area contributed by atoms with Crippen LogP contribution in [0.5, 0.6) is 0 Å². The van der Waals surface area contributed by atoms with E-state index in [9.17, 15) is 4.79 Å². The second kappa shape index (κ2) is 7.29. The zero-order chi connectivity index (χ0) is 14.3. The molecule has 0 saturated carbocycles. The molecule has 0 atom stereocenters. The predicted molar refractivity (Wildman–Crippen MR) is 80.2 cm³/mol. The van der Waals surface area contributed by atoms with Gasteiger partial charge in [0.05, 0.1) is 0 Å². The topological polar surface area (TPSA) is 41.1 Å². The van der Waals surface area contributed by atoms with Crippen LogP contribution in [0.3, 0.4) is 0 Å². The van der Waals surface area contributed by atoms with E-state index in [4.69, 9.17) is 0 Å². The van der Waals surface area contributed by atoms with Crippen molar-refractivity contribution in [1.82, 2.24) is 10.6 Å². The number of nitrogens with one attached hydrogen (secondary N) is 2. The Morgan fingerprint density at radius 1 is 1.21 bits per heavy atom. The lowest BCUT2D eigenvalue weighted by molar-refractivity contribution is -0.121. The summed E-state index contributed by atoms with van der Waals surface area (Å²) in [6, 6.07) is 8.23. The molecule has 0 fully saturated rings. The first-order valence-electron chi connectivity index (χ1n) is 6.90. The van der Waals surface area contributed by atoms with Gasteiger partial charge in [0.25, 0.3) is 0 Å². The number of carbonyl (C=O) groups is 1. The van der Waals surface area contributed by atoms with Crippen LogP contribution in [0.4, 0.5) is 0 Å². The fourth-order valence-electron chi connectivity index (χ4n) is 2.11. The van der Waals surface area contributed by atoms with Crippen molar-refractivity contribution in [2.24, 2.45) is 5.41 Å². The molecule has 0 aromatic heterocycles. The maximum atomic E-state index is 11.8.